The quantitative estimate of drug-likeness (QED) is 0.625. The molecular weight excluding hydrogens is 312 g/mol. The summed E-state index contributed by atoms with van der Waals surface area (Å²) in [7, 11) is 0. The normalized spacial score (nSPS) is 10.9. The molecule has 0 saturated heterocycles. The van der Waals surface area contributed by atoms with E-state index in [-0.39, 0.29) is 11.9 Å². The van der Waals surface area contributed by atoms with E-state index < -0.39 is 0 Å². The van der Waals surface area contributed by atoms with Crippen LogP contribution in [0.4, 0.5) is 0 Å². The average molecular weight is 328 g/mol. The molecule has 122 valence electrons. The van der Waals surface area contributed by atoms with Gasteiger partial charge < -0.3 is 5.32 Å². The molecule has 2 aromatic carbocycles. The van der Waals surface area contributed by atoms with Gasteiger partial charge in [-0.2, -0.15) is 5.10 Å². The molecule has 0 aliphatic carbocycles. The van der Waals surface area contributed by atoms with Gasteiger partial charge in [-0.15, -0.1) is 0 Å². The lowest BCUT2D eigenvalue weighted by Crippen LogP contribution is -2.29. The minimum Gasteiger partial charge on any atom is -0.341 e. The summed E-state index contributed by atoms with van der Waals surface area (Å²) in [5.41, 5.74) is 3.04. The molecule has 2 heterocycles. The highest BCUT2D eigenvalue weighted by Crippen LogP contribution is 2.22. The highest BCUT2D eigenvalue weighted by atomic mass is 16.1. The van der Waals surface area contributed by atoms with Crippen LogP contribution in [0.25, 0.3) is 5.65 Å². The van der Waals surface area contributed by atoms with E-state index in [1.807, 2.05) is 60.7 Å². The summed E-state index contributed by atoms with van der Waals surface area (Å²) < 4.78 is 1.59. The van der Waals surface area contributed by atoms with Gasteiger partial charge in [0.15, 0.2) is 5.65 Å². The number of hydrogen-bond donors (Lipinski definition) is 1. The van der Waals surface area contributed by atoms with E-state index in [9.17, 15) is 4.79 Å². The molecule has 0 unspecified atom stereocenters. The average Bonchev–Trinajstić information content (AvgIpc) is 3.11. The molecule has 0 aliphatic heterocycles. The number of hydrogen-bond acceptors (Lipinski definition) is 3. The molecule has 2 aromatic heterocycles. The first-order chi connectivity index (χ1) is 12.3. The van der Waals surface area contributed by atoms with Crippen molar-refractivity contribution in [1.29, 1.82) is 0 Å². The number of carbonyl (C=O) groups excluding carboxylic acids is 1. The first-order valence-corrected chi connectivity index (χ1v) is 8.02. The number of rotatable bonds is 4. The molecule has 4 aromatic rings. The van der Waals surface area contributed by atoms with Gasteiger partial charge in [-0.05, 0) is 17.2 Å². The van der Waals surface area contributed by atoms with Crippen molar-refractivity contribution in [3.8, 4) is 0 Å². The van der Waals surface area contributed by atoms with Crippen LogP contribution in [0.2, 0.25) is 0 Å². The minimum absolute atomic E-state index is 0.202. The lowest BCUT2D eigenvalue weighted by Gasteiger charge is -2.19. The van der Waals surface area contributed by atoms with Crippen LogP contribution in [0, 0.1) is 0 Å². The third-order valence-electron chi connectivity index (χ3n) is 4.07. The van der Waals surface area contributed by atoms with Crippen LogP contribution in [0.15, 0.2) is 85.3 Å². The number of benzene rings is 2. The molecule has 0 atom stereocenters. The van der Waals surface area contributed by atoms with E-state index in [0.29, 0.717) is 11.2 Å². The number of nitrogens with one attached hydrogen (secondary N) is 1. The first-order valence-electron chi connectivity index (χ1n) is 8.02. The molecule has 1 N–H and O–H groups in total. The van der Waals surface area contributed by atoms with Crippen LogP contribution in [-0.2, 0) is 0 Å². The maximum atomic E-state index is 12.9. The highest BCUT2D eigenvalue weighted by molar-refractivity contribution is 6.00. The maximum Gasteiger partial charge on any atom is 0.257 e. The largest absolute Gasteiger partial charge is 0.341 e. The highest BCUT2D eigenvalue weighted by Gasteiger charge is 2.20. The summed E-state index contributed by atoms with van der Waals surface area (Å²) in [5, 5.41) is 7.30. The lowest BCUT2D eigenvalue weighted by molar-refractivity contribution is 0.0944. The maximum absolute atomic E-state index is 12.9. The van der Waals surface area contributed by atoms with Gasteiger partial charge >= 0.3 is 0 Å². The summed E-state index contributed by atoms with van der Waals surface area (Å²) in [6.07, 6.45) is 4.97. The van der Waals surface area contributed by atoms with Gasteiger partial charge in [0, 0.05) is 12.4 Å². The second-order valence-electron chi connectivity index (χ2n) is 5.67. The van der Waals surface area contributed by atoms with Gasteiger partial charge in [0.2, 0.25) is 0 Å². The van der Waals surface area contributed by atoms with Crippen LogP contribution in [-0.4, -0.2) is 20.5 Å². The zero-order chi connectivity index (χ0) is 17.1. The summed E-state index contributed by atoms with van der Waals surface area (Å²) in [6.45, 7) is 0. The van der Waals surface area contributed by atoms with E-state index in [2.05, 4.69) is 15.4 Å². The third kappa shape index (κ3) is 2.99. The number of carbonyl (C=O) groups is 1. The van der Waals surface area contributed by atoms with Crippen LogP contribution in [0.3, 0.4) is 0 Å². The van der Waals surface area contributed by atoms with E-state index in [1.165, 1.54) is 0 Å². The second kappa shape index (κ2) is 6.57. The second-order valence-corrected chi connectivity index (χ2v) is 5.67. The van der Waals surface area contributed by atoms with E-state index in [4.69, 9.17) is 0 Å². The molecule has 5 heteroatoms. The zero-order valence-electron chi connectivity index (χ0n) is 13.4. The molecule has 1 amide bonds. The van der Waals surface area contributed by atoms with Gasteiger partial charge in [0.1, 0.15) is 5.56 Å². The van der Waals surface area contributed by atoms with Crippen LogP contribution >= 0.6 is 0 Å². The van der Waals surface area contributed by atoms with Crippen LogP contribution in [0.1, 0.15) is 27.5 Å². The van der Waals surface area contributed by atoms with Gasteiger partial charge in [0.05, 0.1) is 12.2 Å². The Balaban J connectivity index is 1.70. The summed E-state index contributed by atoms with van der Waals surface area (Å²) in [4.78, 5) is 17.1. The zero-order valence-corrected chi connectivity index (χ0v) is 13.4. The Morgan fingerprint density at radius 2 is 1.56 bits per heavy atom. The Morgan fingerprint density at radius 1 is 0.920 bits per heavy atom. The molecule has 0 bridgehead atoms. The summed E-state index contributed by atoms with van der Waals surface area (Å²) in [5.74, 6) is -0.202. The van der Waals surface area contributed by atoms with Gasteiger partial charge in [-0.3, -0.25) is 4.79 Å². The fourth-order valence-electron chi connectivity index (χ4n) is 2.85. The Morgan fingerprint density at radius 3 is 2.20 bits per heavy atom. The SMILES string of the molecule is O=C(NC(c1ccccc1)c1ccccc1)c1cnn2cccnc12. The fourth-order valence-corrected chi connectivity index (χ4v) is 2.85. The van der Waals surface area contributed by atoms with Crippen molar-refractivity contribution in [3.05, 3.63) is 102 Å². The van der Waals surface area contributed by atoms with Crippen molar-refractivity contribution in [1.82, 2.24) is 19.9 Å². The predicted octanol–water partition coefficient (Wildman–Crippen LogP) is 3.25. The topological polar surface area (TPSA) is 59.3 Å². The summed E-state index contributed by atoms with van der Waals surface area (Å²) >= 11 is 0. The fraction of sp³-hybridized carbons (Fsp3) is 0.0500. The standard InChI is InChI=1S/C20H16N4O/c25-20(17-14-22-24-13-7-12-21-19(17)24)23-18(15-8-3-1-4-9-15)16-10-5-2-6-11-16/h1-14,18H,(H,23,25). The van der Waals surface area contributed by atoms with E-state index in [0.717, 1.165) is 11.1 Å². The molecule has 0 aliphatic rings. The molecule has 0 fully saturated rings. The minimum atomic E-state index is -0.242. The Bertz CT molecular complexity index is 956. The molecule has 0 spiro atoms. The molecular formula is C20H16N4O. The van der Waals surface area contributed by atoms with Crippen molar-refractivity contribution in [2.45, 2.75) is 6.04 Å². The Kier molecular flexibility index (Phi) is 3.96. The van der Waals surface area contributed by atoms with Crippen molar-refractivity contribution in [3.63, 3.8) is 0 Å². The lowest BCUT2D eigenvalue weighted by atomic mass is 9.98. The Labute approximate surface area is 145 Å². The number of nitrogens with zero attached hydrogens (tertiary/aromatic N) is 3. The van der Waals surface area contributed by atoms with Gasteiger partial charge in [0.25, 0.3) is 5.91 Å². The Hall–Kier alpha value is -3.47. The smallest absolute Gasteiger partial charge is 0.257 e. The first kappa shape index (κ1) is 15.1. The molecule has 25 heavy (non-hydrogen) atoms. The third-order valence-corrected chi connectivity index (χ3v) is 4.07. The summed E-state index contributed by atoms with van der Waals surface area (Å²) in [6, 6.07) is 21.3. The molecule has 4 rings (SSSR count). The van der Waals surface area contributed by atoms with Gasteiger partial charge in [-0.25, -0.2) is 9.50 Å². The van der Waals surface area contributed by atoms with Crippen molar-refractivity contribution in [2.24, 2.45) is 0 Å². The van der Waals surface area contributed by atoms with Crippen molar-refractivity contribution in [2.75, 3.05) is 0 Å². The van der Waals surface area contributed by atoms with Crippen molar-refractivity contribution >= 4 is 11.6 Å². The molecule has 5 nitrogen and oxygen atoms in total. The van der Waals surface area contributed by atoms with E-state index in [1.54, 1.807) is 29.2 Å². The molecule has 0 radical (unpaired) electrons. The molecule has 0 saturated carbocycles. The predicted molar refractivity (Wildman–Crippen MR) is 95.2 cm³/mol. The van der Waals surface area contributed by atoms with Crippen LogP contribution in [0.5, 0.6) is 0 Å². The van der Waals surface area contributed by atoms with Crippen molar-refractivity contribution < 1.29 is 4.79 Å². The number of fused-ring (bicyclic) bond motifs is 1. The van der Waals surface area contributed by atoms with E-state index >= 15 is 0 Å². The number of aromatic nitrogens is 3. The van der Waals surface area contributed by atoms with Crippen LogP contribution < -0.4 is 5.32 Å². The monoisotopic (exact) mass is 328 g/mol. The van der Waals surface area contributed by atoms with Gasteiger partial charge in [-0.1, -0.05) is 60.7 Å². The number of amides is 1.